The minimum atomic E-state index is 0.120. The van der Waals surface area contributed by atoms with Crippen molar-refractivity contribution < 1.29 is 4.79 Å². The monoisotopic (exact) mass is 397 g/mol. The van der Waals surface area contributed by atoms with Gasteiger partial charge in [0.15, 0.2) is 0 Å². The predicted molar refractivity (Wildman–Crippen MR) is 116 cm³/mol. The molecular weight excluding hydrogens is 370 g/mol. The van der Waals surface area contributed by atoms with Crippen LogP contribution in [-0.4, -0.2) is 22.0 Å². The summed E-state index contributed by atoms with van der Waals surface area (Å²) in [5.74, 6) is 1.34. The molecule has 5 heteroatoms. The number of benzene rings is 2. The molecule has 0 unspecified atom stereocenters. The molecule has 1 N–H and O–H groups in total. The molecule has 148 valence electrons. The van der Waals surface area contributed by atoms with Gasteiger partial charge in [0.05, 0.1) is 11.0 Å². The Hall–Kier alpha value is -2.33. The number of nitrogens with zero attached hydrogens (tertiary/aromatic N) is 2. The Morgan fingerprint density at radius 2 is 1.82 bits per heavy atom. The molecule has 0 spiro atoms. The lowest BCUT2D eigenvalue weighted by Crippen LogP contribution is -2.31. The Morgan fingerprint density at radius 1 is 1.11 bits per heavy atom. The largest absolute Gasteiger partial charge is 0.356 e. The number of amides is 1. The molecular formula is C23H28ClN3O. The van der Waals surface area contributed by atoms with E-state index in [1.807, 2.05) is 30.3 Å². The summed E-state index contributed by atoms with van der Waals surface area (Å²) >= 11 is 6.02. The summed E-state index contributed by atoms with van der Waals surface area (Å²) in [5.41, 5.74) is 3.33. The quantitative estimate of drug-likeness (QED) is 0.503. The average molecular weight is 398 g/mol. The number of hydrogen-bond donors (Lipinski definition) is 1. The van der Waals surface area contributed by atoms with Gasteiger partial charge >= 0.3 is 0 Å². The van der Waals surface area contributed by atoms with Crippen molar-refractivity contribution in [3.63, 3.8) is 0 Å². The molecule has 0 bridgehead atoms. The smallest absolute Gasteiger partial charge is 0.223 e. The van der Waals surface area contributed by atoms with Crippen molar-refractivity contribution in [3.8, 4) is 0 Å². The number of halogens is 1. The van der Waals surface area contributed by atoms with E-state index in [0.717, 1.165) is 54.1 Å². The molecule has 4 nitrogen and oxygen atoms in total. The number of aromatic nitrogens is 2. The minimum Gasteiger partial charge on any atom is -0.356 e. The van der Waals surface area contributed by atoms with Crippen LogP contribution in [0.1, 0.15) is 44.5 Å². The van der Waals surface area contributed by atoms with Gasteiger partial charge in [-0.05, 0) is 49.1 Å². The third-order valence-electron chi connectivity index (χ3n) is 5.22. The normalized spacial score (nSPS) is 11.3. The van der Waals surface area contributed by atoms with Gasteiger partial charge in [0.2, 0.25) is 5.91 Å². The van der Waals surface area contributed by atoms with Crippen molar-refractivity contribution in [1.29, 1.82) is 0 Å². The zero-order valence-corrected chi connectivity index (χ0v) is 17.4. The highest BCUT2D eigenvalue weighted by Gasteiger charge is 2.14. The van der Waals surface area contributed by atoms with Gasteiger partial charge < -0.3 is 9.88 Å². The summed E-state index contributed by atoms with van der Waals surface area (Å²) in [6.07, 6.45) is 3.47. The van der Waals surface area contributed by atoms with E-state index >= 15 is 0 Å². The fourth-order valence-corrected chi connectivity index (χ4v) is 3.65. The zero-order valence-electron chi connectivity index (χ0n) is 16.6. The summed E-state index contributed by atoms with van der Waals surface area (Å²) in [7, 11) is 0. The molecule has 0 atom stereocenters. The fraction of sp³-hybridized carbons (Fsp3) is 0.391. The summed E-state index contributed by atoms with van der Waals surface area (Å²) in [5, 5.41) is 3.82. The molecule has 0 fully saturated rings. The molecule has 1 heterocycles. The Morgan fingerprint density at radius 3 is 2.54 bits per heavy atom. The molecule has 2 aromatic carbocycles. The third-order valence-corrected chi connectivity index (χ3v) is 5.47. The van der Waals surface area contributed by atoms with E-state index in [-0.39, 0.29) is 11.8 Å². The van der Waals surface area contributed by atoms with E-state index in [9.17, 15) is 4.79 Å². The topological polar surface area (TPSA) is 46.9 Å². The lowest BCUT2D eigenvalue weighted by molar-refractivity contribution is -0.125. The number of aryl methyl sites for hydroxylation is 1. The van der Waals surface area contributed by atoms with Gasteiger partial charge in [-0.1, -0.05) is 49.7 Å². The fourth-order valence-electron chi connectivity index (χ4n) is 3.53. The van der Waals surface area contributed by atoms with Crippen LogP contribution in [0.2, 0.25) is 5.02 Å². The van der Waals surface area contributed by atoms with Gasteiger partial charge in [0.1, 0.15) is 5.82 Å². The van der Waals surface area contributed by atoms with Crippen molar-refractivity contribution in [3.05, 3.63) is 64.9 Å². The lowest BCUT2D eigenvalue weighted by Gasteiger charge is -2.13. The highest BCUT2D eigenvalue weighted by molar-refractivity contribution is 6.30. The molecule has 0 radical (unpaired) electrons. The number of carbonyl (C=O) groups excluding carboxylic acids is 1. The summed E-state index contributed by atoms with van der Waals surface area (Å²) in [6.45, 7) is 5.56. The van der Waals surface area contributed by atoms with Crippen molar-refractivity contribution in [1.82, 2.24) is 14.9 Å². The minimum absolute atomic E-state index is 0.120. The SMILES string of the molecule is CCC(CC)C(=O)NCCCc1nc2ccccc2n1Cc1ccc(Cl)cc1. The summed E-state index contributed by atoms with van der Waals surface area (Å²) in [4.78, 5) is 17.0. The number of carbonyl (C=O) groups is 1. The van der Waals surface area contributed by atoms with Crippen molar-refractivity contribution in [2.75, 3.05) is 6.54 Å². The maximum atomic E-state index is 12.2. The van der Waals surface area contributed by atoms with Gasteiger partial charge in [-0.3, -0.25) is 4.79 Å². The Labute approximate surface area is 171 Å². The first-order chi connectivity index (χ1) is 13.6. The number of fused-ring (bicyclic) bond motifs is 1. The highest BCUT2D eigenvalue weighted by Crippen LogP contribution is 2.20. The first-order valence-electron chi connectivity index (χ1n) is 10.1. The second kappa shape index (κ2) is 9.74. The molecule has 0 aliphatic carbocycles. The van der Waals surface area contributed by atoms with Crippen molar-refractivity contribution in [2.24, 2.45) is 5.92 Å². The van der Waals surface area contributed by atoms with E-state index < -0.39 is 0 Å². The molecule has 0 aliphatic heterocycles. The van der Waals surface area contributed by atoms with Gasteiger partial charge in [-0.15, -0.1) is 0 Å². The number of hydrogen-bond acceptors (Lipinski definition) is 2. The molecule has 0 aliphatic rings. The molecule has 0 saturated heterocycles. The van der Waals surface area contributed by atoms with E-state index in [4.69, 9.17) is 16.6 Å². The van der Waals surface area contributed by atoms with Crippen LogP contribution in [0.4, 0.5) is 0 Å². The van der Waals surface area contributed by atoms with Crippen molar-refractivity contribution in [2.45, 2.75) is 46.1 Å². The second-order valence-corrected chi connectivity index (χ2v) is 7.57. The Bertz CT molecular complexity index is 913. The Balaban J connectivity index is 1.70. The number of para-hydroxylation sites is 2. The van der Waals surface area contributed by atoms with Crippen LogP contribution in [-0.2, 0) is 17.8 Å². The van der Waals surface area contributed by atoms with Gasteiger partial charge in [0.25, 0.3) is 0 Å². The van der Waals surface area contributed by atoms with Crippen LogP contribution in [0.25, 0.3) is 11.0 Å². The third kappa shape index (κ3) is 4.93. The predicted octanol–water partition coefficient (Wildman–Crippen LogP) is 5.22. The van der Waals surface area contributed by atoms with Crippen LogP contribution >= 0.6 is 11.6 Å². The molecule has 1 amide bonds. The number of nitrogens with one attached hydrogen (secondary N) is 1. The first-order valence-corrected chi connectivity index (χ1v) is 10.5. The highest BCUT2D eigenvalue weighted by atomic mass is 35.5. The van der Waals surface area contributed by atoms with Gasteiger partial charge in [0, 0.05) is 30.5 Å². The van der Waals surface area contributed by atoms with Crippen molar-refractivity contribution >= 4 is 28.5 Å². The molecule has 28 heavy (non-hydrogen) atoms. The lowest BCUT2D eigenvalue weighted by atomic mass is 10.0. The molecule has 3 aromatic rings. The number of rotatable bonds is 9. The zero-order chi connectivity index (χ0) is 19.9. The summed E-state index contributed by atoms with van der Waals surface area (Å²) < 4.78 is 2.27. The Kier molecular flexibility index (Phi) is 7.10. The van der Waals surface area contributed by atoms with Crippen LogP contribution in [0.3, 0.4) is 0 Å². The second-order valence-electron chi connectivity index (χ2n) is 7.14. The maximum absolute atomic E-state index is 12.2. The van der Waals surface area contributed by atoms with Gasteiger partial charge in [-0.2, -0.15) is 0 Å². The van der Waals surface area contributed by atoms with E-state index in [1.54, 1.807) is 0 Å². The van der Waals surface area contributed by atoms with E-state index in [2.05, 4.69) is 41.9 Å². The van der Waals surface area contributed by atoms with Crippen LogP contribution in [0, 0.1) is 5.92 Å². The van der Waals surface area contributed by atoms with Crippen LogP contribution in [0.15, 0.2) is 48.5 Å². The maximum Gasteiger partial charge on any atom is 0.223 e. The average Bonchev–Trinajstić information content (AvgIpc) is 3.05. The van der Waals surface area contributed by atoms with Crippen LogP contribution in [0.5, 0.6) is 0 Å². The first kappa shape index (κ1) is 20.4. The number of imidazole rings is 1. The molecule has 3 rings (SSSR count). The van der Waals surface area contributed by atoms with Gasteiger partial charge in [-0.25, -0.2) is 4.98 Å². The van der Waals surface area contributed by atoms with E-state index in [1.165, 1.54) is 5.56 Å². The van der Waals surface area contributed by atoms with E-state index in [0.29, 0.717) is 6.54 Å². The van der Waals surface area contributed by atoms with Crippen LogP contribution < -0.4 is 5.32 Å². The molecule has 1 aromatic heterocycles. The molecule has 0 saturated carbocycles. The standard InChI is InChI=1S/C23H28ClN3O/c1-3-18(4-2)23(28)25-15-7-10-22-26-20-8-5-6-9-21(20)27(22)16-17-11-13-19(24)14-12-17/h5-6,8-9,11-14,18H,3-4,7,10,15-16H2,1-2H3,(H,25,28). The summed E-state index contributed by atoms with van der Waals surface area (Å²) in [6, 6.07) is 16.2.